The van der Waals surface area contributed by atoms with E-state index < -0.39 is 24.1 Å². The van der Waals surface area contributed by atoms with Crippen molar-refractivity contribution in [2.45, 2.75) is 13.6 Å². The summed E-state index contributed by atoms with van der Waals surface area (Å²) < 4.78 is 50.7. The van der Waals surface area contributed by atoms with Gasteiger partial charge in [0.25, 0.3) is 0 Å². The normalized spacial score (nSPS) is 10.5. The van der Waals surface area contributed by atoms with Gasteiger partial charge in [0.05, 0.1) is 0 Å². The van der Waals surface area contributed by atoms with Crippen molar-refractivity contribution in [1.29, 1.82) is 0 Å². The van der Waals surface area contributed by atoms with E-state index in [4.69, 9.17) is 0 Å². The molecule has 5 heteroatoms. The third kappa shape index (κ3) is 1.43. The zero-order valence-electron chi connectivity index (χ0n) is 7.22. The Hall–Kier alpha value is -0.995. The second kappa shape index (κ2) is 3.40. The molecule has 0 fully saturated rings. The van der Waals surface area contributed by atoms with Gasteiger partial charge in [-0.25, -0.2) is 17.6 Å². The monoisotopic (exact) mass is 190 g/mol. The molecule has 1 rings (SSSR count). The summed E-state index contributed by atoms with van der Waals surface area (Å²) in [5.74, 6) is -4.15. The predicted octanol–water partition coefficient (Wildman–Crippen LogP) is 1.14. The molecule has 0 aromatic heterocycles. The van der Waals surface area contributed by atoms with Gasteiger partial charge in [-0.15, -0.1) is 0 Å². The first-order valence-electron chi connectivity index (χ1n) is 3.69. The number of hydrogen-bond acceptors (Lipinski definition) is 0. The van der Waals surface area contributed by atoms with Crippen LogP contribution in [0.4, 0.5) is 17.6 Å². The summed E-state index contributed by atoms with van der Waals surface area (Å²) >= 11 is 0. The number of rotatable bonds is 1. The van der Waals surface area contributed by atoms with E-state index in [1.807, 2.05) is 0 Å². The molecule has 0 nitrogen and oxygen atoms in total. The Labute approximate surface area is 74.0 Å². The second-order valence-electron chi connectivity index (χ2n) is 2.80. The van der Waals surface area contributed by atoms with Crippen molar-refractivity contribution >= 4 is 13.3 Å². The largest absolute Gasteiger partial charge is 0.246 e. The van der Waals surface area contributed by atoms with Crippen LogP contribution in [0.5, 0.6) is 0 Å². The van der Waals surface area contributed by atoms with Crippen molar-refractivity contribution in [1.82, 2.24) is 0 Å². The Bertz CT molecular complexity index is 319. The maximum atomic E-state index is 12.8. The third-order valence-electron chi connectivity index (χ3n) is 2.08. The maximum absolute atomic E-state index is 12.8. The van der Waals surface area contributed by atoms with Gasteiger partial charge in [0.1, 0.15) is 14.5 Å². The van der Waals surface area contributed by atoms with Gasteiger partial charge >= 0.3 is 0 Å². The highest BCUT2D eigenvalue weighted by molar-refractivity contribution is 6.33. The molecule has 0 spiro atoms. The highest BCUT2D eigenvalue weighted by Crippen LogP contribution is 2.17. The van der Waals surface area contributed by atoms with Gasteiger partial charge in [-0.2, -0.15) is 0 Å². The van der Waals surface area contributed by atoms with Crippen LogP contribution in [0.25, 0.3) is 0 Å². The quantitative estimate of drug-likeness (QED) is 0.354. The lowest BCUT2D eigenvalue weighted by Crippen LogP contribution is -2.20. The fourth-order valence-electron chi connectivity index (χ4n) is 1.17. The standard InChI is InChI=1S/C8H7BF4/c1-3-4(2-10)5(9)7(12)8(13)6(3)11/h2,9H2,1H3. The van der Waals surface area contributed by atoms with Crippen LogP contribution in [0.2, 0.25) is 0 Å². The summed E-state index contributed by atoms with van der Waals surface area (Å²) in [7, 11) is 1.22. The molecule has 0 saturated carbocycles. The van der Waals surface area contributed by atoms with Crippen molar-refractivity contribution in [2.75, 3.05) is 0 Å². The van der Waals surface area contributed by atoms with Gasteiger partial charge in [-0.3, -0.25) is 0 Å². The first kappa shape index (κ1) is 10.1. The molecule has 0 unspecified atom stereocenters. The van der Waals surface area contributed by atoms with Gasteiger partial charge in [-0.05, 0) is 23.5 Å². The molecule has 70 valence electrons. The lowest BCUT2D eigenvalue weighted by Gasteiger charge is -2.09. The Morgan fingerprint density at radius 3 is 2.08 bits per heavy atom. The summed E-state index contributed by atoms with van der Waals surface area (Å²) in [5.41, 5.74) is -0.450. The molecule has 0 aliphatic carbocycles. The van der Waals surface area contributed by atoms with E-state index in [0.29, 0.717) is 0 Å². The molecule has 0 bridgehead atoms. The number of hydrogen-bond donors (Lipinski definition) is 0. The minimum absolute atomic E-state index is 0.114. The number of benzene rings is 1. The fraction of sp³-hybridized carbons (Fsp3) is 0.250. The van der Waals surface area contributed by atoms with E-state index in [1.165, 1.54) is 14.8 Å². The Balaban J connectivity index is 3.56. The Morgan fingerprint density at radius 1 is 1.08 bits per heavy atom. The third-order valence-corrected chi connectivity index (χ3v) is 2.08. The van der Waals surface area contributed by atoms with Crippen molar-refractivity contribution < 1.29 is 17.6 Å². The number of halogens is 4. The van der Waals surface area contributed by atoms with Crippen molar-refractivity contribution in [2.24, 2.45) is 0 Å². The van der Waals surface area contributed by atoms with Gasteiger partial charge in [0, 0.05) is 0 Å². The van der Waals surface area contributed by atoms with Gasteiger partial charge in [0.15, 0.2) is 17.5 Å². The Kier molecular flexibility index (Phi) is 2.64. The zero-order chi connectivity index (χ0) is 10.2. The molecule has 13 heavy (non-hydrogen) atoms. The SMILES string of the molecule is Bc1c(F)c(F)c(F)c(C)c1CF. The van der Waals surface area contributed by atoms with Crippen LogP contribution in [0, 0.1) is 24.4 Å². The van der Waals surface area contributed by atoms with E-state index in [0.717, 1.165) is 0 Å². The highest BCUT2D eigenvalue weighted by Gasteiger charge is 2.19. The summed E-state index contributed by atoms with van der Waals surface area (Å²) in [6, 6.07) is 0. The first-order chi connectivity index (χ1) is 6.00. The molecule has 0 amide bonds. The van der Waals surface area contributed by atoms with Crippen LogP contribution in [-0.2, 0) is 6.67 Å². The van der Waals surface area contributed by atoms with E-state index in [1.54, 1.807) is 0 Å². The molecule has 0 atom stereocenters. The molecule has 0 radical (unpaired) electrons. The molecule has 0 heterocycles. The minimum Gasteiger partial charge on any atom is -0.246 e. The van der Waals surface area contributed by atoms with Gasteiger partial charge < -0.3 is 0 Å². The zero-order valence-corrected chi connectivity index (χ0v) is 7.22. The second-order valence-corrected chi connectivity index (χ2v) is 2.80. The van der Waals surface area contributed by atoms with Gasteiger partial charge in [0.2, 0.25) is 0 Å². The van der Waals surface area contributed by atoms with Crippen LogP contribution in [0.1, 0.15) is 11.1 Å². The summed E-state index contributed by atoms with van der Waals surface area (Å²) in [4.78, 5) is 0. The average molecular weight is 190 g/mol. The molecule has 1 aromatic rings. The Morgan fingerprint density at radius 2 is 1.62 bits per heavy atom. The summed E-state index contributed by atoms with van der Waals surface area (Å²) in [6.07, 6.45) is 0. The van der Waals surface area contributed by atoms with Crippen molar-refractivity contribution in [3.63, 3.8) is 0 Å². The fourth-order valence-corrected chi connectivity index (χ4v) is 1.17. The van der Waals surface area contributed by atoms with E-state index >= 15 is 0 Å². The molecule has 0 saturated heterocycles. The smallest absolute Gasteiger partial charge is 0.194 e. The lowest BCUT2D eigenvalue weighted by molar-refractivity contribution is 0.434. The molecule has 0 aliphatic rings. The predicted molar refractivity (Wildman–Crippen MR) is 44.0 cm³/mol. The van der Waals surface area contributed by atoms with Crippen LogP contribution >= 0.6 is 0 Å². The van der Waals surface area contributed by atoms with Crippen LogP contribution in [-0.4, -0.2) is 7.85 Å². The maximum Gasteiger partial charge on any atom is 0.194 e. The molecular formula is C8H7BF4. The van der Waals surface area contributed by atoms with Crippen molar-refractivity contribution in [3.8, 4) is 0 Å². The molecule has 0 aliphatic heterocycles. The van der Waals surface area contributed by atoms with Crippen LogP contribution in [0.15, 0.2) is 0 Å². The molecular weight excluding hydrogens is 183 g/mol. The molecule has 1 aromatic carbocycles. The van der Waals surface area contributed by atoms with Crippen LogP contribution in [0.3, 0.4) is 0 Å². The summed E-state index contributed by atoms with van der Waals surface area (Å²) in [5, 5.41) is 0. The topological polar surface area (TPSA) is 0 Å². The molecule has 0 N–H and O–H groups in total. The highest BCUT2D eigenvalue weighted by atomic mass is 19.2. The van der Waals surface area contributed by atoms with E-state index in [9.17, 15) is 17.6 Å². The average Bonchev–Trinajstić information content (AvgIpc) is 2.13. The van der Waals surface area contributed by atoms with Crippen LogP contribution < -0.4 is 5.46 Å². The lowest BCUT2D eigenvalue weighted by atomic mass is 9.87. The van der Waals surface area contributed by atoms with E-state index in [-0.39, 0.29) is 16.6 Å². The first-order valence-corrected chi connectivity index (χ1v) is 3.69. The summed E-state index contributed by atoms with van der Waals surface area (Å²) in [6.45, 7) is 0.228. The van der Waals surface area contributed by atoms with E-state index in [2.05, 4.69) is 0 Å². The number of alkyl halides is 1. The van der Waals surface area contributed by atoms with Crippen molar-refractivity contribution in [3.05, 3.63) is 28.6 Å². The minimum atomic E-state index is -1.54. The van der Waals surface area contributed by atoms with Gasteiger partial charge in [-0.1, -0.05) is 0 Å².